The predicted molar refractivity (Wildman–Crippen MR) is 93.7 cm³/mol. The molecule has 0 aliphatic heterocycles. The van der Waals surface area contributed by atoms with Gasteiger partial charge in [0.2, 0.25) is 0 Å². The SMILES string of the molecule is CCOC(=O)c1c(C)nn(C)c1N(C)C(=O)c1c(N)c(C)nn1CC. The maximum absolute atomic E-state index is 13.0. The van der Waals surface area contributed by atoms with E-state index in [4.69, 9.17) is 10.5 Å². The van der Waals surface area contributed by atoms with Crippen molar-refractivity contribution in [1.29, 1.82) is 0 Å². The lowest BCUT2D eigenvalue weighted by atomic mass is 10.2. The Bertz CT molecular complexity index is 820. The third kappa shape index (κ3) is 3.09. The van der Waals surface area contributed by atoms with Crippen LogP contribution in [0.1, 0.15) is 46.1 Å². The van der Waals surface area contributed by atoms with Crippen LogP contribution in [0, 0.1) is 13.8 Å². The number of anilines is 2. The average Bonchev–Trinajstić information content (AvgIpc) is 3.02. The lowest BCUT2D eigenvalue weighted by Crippen LogP contribution is -2.32. The van der Waals surface area contributed by atoms with Crippen LogP contribution >= 0.6 is 0 Å². The highest BCUT2D eigenvalue weighted by molar-refractivity contribution is 6.10. The first-order valence-electron chi connectivity index (χ1n) is 8.06. The van der Waals surface area contributed by atoms with E-state index >= 15 is 0 Å². The number of nitrogens with two attached hydrogens (primary N) is 1. The molecule has 9 nitrogen and oxygen atoms in total. The van der Waals surface area contributed by atoms with Crippen molar-refractivity contribution in [2.75, 3.05) is 24.3 Å². The Kier molecular flexibility index (Phi) is 5.15. The second kappa shape index (κ2) is 6.96. The Morgan fingerprint density at radius 3 is 2.40 bits per heavy atom. The molecule has 136 valence electrons. The number of nitrogen functional groups attached to an aromatic ring is 1. The van der Waals surface area contributed by atoms with Crippen molar-refractivity contribution in [2.45, 2.75) is 34.2 Å². The fraction of sp³-hybridized carbons (Fsp3) is 0.500. The van der Waals surface area contributed by atoms with Crippen molar-refractivity contribution in [1.82, 2.24) is 19.6 Å². The van der Waals surface area contributed by atoms with Gasteiger partial charge >= 0.3 is 5.97 Å². The van der Waals surface area contributed by atoms with E-state index in [0.717, 1.165) is 0 Å². The van der Waals surface area contributed by atoms with Crippen molar-refractivity contribution in [3.63, 3.8) is 0 Å². The van der Waals surface area contributed by atoms with E-state index in [-0.39, 0.29) is 23.8 Å². The van der Waals surface area contributed by atoms with E-state index in [9.17, 15) is 9.59 Å². The lowest BCUT2D eigenvalue weighted by Gasteiger charge is -2.19. The maximum Gasteiger partial charge on any atom is 0.343 e. The number of amides is 1. The Hall–Kier alpha value is -2.84. The predicted octanol–water partition coefficient (Wildman–Crippen LogP) is 1.29. The summed E-state index contributed by atoms with van der Waals surface area (Å²) in [6.07, 6.45) is 0. The number of carbonyl (C=O) groups excluding carboxylic acids is 2. The number of rotatable bonds is 5. The fourth-order valence-corrected chi connectivity index (χ4v) is 2.78. The van der Waals surface area contributed by atoms with Gasteiger partial charge in [0.15, 0.2) is 0 Å². The molecule has 9 heteroatoms. The molecule has 0 saturated heterocycles. The molecule has 2 aromatic heterocycles. The van der Waals surface area contributed by atoms with Crippen molar-refractivity contribution in [3.05, 3.63) is 22.6 Å². The van der Waals surface area contributed by atoms with Gasteiger partial charge in [-0.1, -0.05) is 0 Å². The number of esters is 1. The molecule has 2 N–H and O–H groups in total. The number of nitrogens with zero attached hydrogens (tertiary/aromatic N) is 5. The molecule has 0 aliphatic rings. The molecule has 25 heavy (non-hydrogen) atoms. The monoisotopic (exact) mass is 348 g/mol. The number of aryl methyl sites for hydroxylation is 4. The van der Waals surface area contributed by atoms with E-state index in [2.05, 4.69) is 10.2 Å². The first-order valence-corrected chi connectivity index (χ1v) is 8.06. The Morgan fingerprint density at radius 2 is 1.84 bits per heavy atom. The molecule has 2 rings (SSSR count). The fourth-order valence-electron chi connectivity index (χ4n) is 2.78. The first-order chi connectivity index (χ1) is 11.7. The summed E-state index contributed by atoms with van der Waals surface area (Å²) in [6, 6.07) is 0. The second-order valence-corrected chi connectivity index (χ2v) is 5.66. The van der Waals surface area contributed by atoms with E-state index in [0.29, 0.717) is 29.4 Å². The van der Waals surface area contributed by atoms with Gasteiger partial charge in [-0.3, -0.25) is 19.1 Å². The molecule has 0 fully saturated rings. The van der Waals surface area contributed by atoms with Gasteiger partial charge in [-0.25, -0.2) is 4.79 Å². The first kappa shape index (κ1) is 18.5. The highest BCUT2D eigenvalue weighted by Crippen LogP contribution is 2.26. The molecular formula is C16H24N6O3. The number of hydrogen-bond acceptors (Lipinski definition) is 6. The van der Waals surface area contributed by atoms with Crippen LogP contribution in [0.2, 0.25) is 0 Å². The molecule has 0 spiro atoms. The van der Waals surface area contributed by atoms with Gasteiger partial charge in [0.1, 0.15) is 17.1 Å². The number of ether oxygens (including phenoxy) is 1. The molecule has 0 aromatic carbocycles. The smallest absolute Gasteiger partial charge is 0.343 e. The van der Waals surface area contributed by atoms with Crippen LogP contribution in [0.25, 0.3) is 0 Å². The zero-order chi connectivity index (χ0) is 18.9. The summed E-state index contributed by atoms with van der Waals surface area (Å²) in [7, 11) is 3.24. The summed E-state index contributed by atoms with van der Waals surface area (Å²) in [6.45, 7) is 7.78. The van der Waals surface area contributed by atoms with Gasteiger partial charge < -0.3 is 10.5 Å². The Balaban J connectivity index is 2.53. The molecule has 0 saturated carbocycles. The van der Waals surface area contributed by atoms with Gasteiger partial charge in [0.25, 0.3) is 5.91 Å². The Morgan fingerprint density at radius 1 is 1.20 bits per heavy atom. The second-order valence-electron chi connectivity index (χ2n) is 5.66. The summed E-state index contributed by atoms with van der Waals surface area (Å²) < 4.78 is 8.13. The summed E-state index contributed by atoms with van der Waals surface area (Å²) in [4.78, 5) is 26.7. The molecule has 0 bridgehead atoms. The Labute approximate surface area is 146 Å². The molecular weight excluding hydrogens is 324 g/mol. The highest BCUT2D eigenvalue weighted by Gasteiger charge is 2.30. The van der Waals surface area contributed by atoms with Crippen LogP contribution < -0.4 is 10.6 Å². The molecule has 2 aromatic rings. The van der Waals surface area contributed by atoms with Crippen molar-refractivity contribution in [3.8, 4) is 0 Å². The standard InChI is InChI=1S/C16H24N6O3/c1-7-22-13(12(17)10(4)19-22)15(23)20(5)14-11(16(24)25-8-2)9(3)18-21(14)6/h7-8,17H2,1-6H3. The average molecular weight is 348 g/mol. The number of hydrogen-bond donors (Lipinski definition) is 1. The molecule has 0 unspecified atom stereocenters. The molecule has 0 atom stereocenters. The van der Waals surface area contributed by atoms with E-state index < -0.39 is 5.97 Å². The summed E-state index contributed by atoms with van der Waals surface area (Å²) >= 11 is 0. The topological polar surface area (TPSA) is 108 Å². The van der Waals surface area contributed by atoms with Gasteiger partial charge in [-0.2, -0.15) is 10.2 Å². The molecule has 2 heterocycles. The van der Waals surface area contributed by atoms with Crippen LogP contribution in [0.3, 0.4) is 0 Å². The number of aromatic nitrogens is 4. The number of carbonyl (C=O) groups is 2. The third-order valence-corrected chi connectivity index (χ3v) is 3.97. The highest BCUT2D eigenvalue weighted by atomic mass is 16.5. The maximum atomic E-state index is 13.0. The van der Waals surface area contributed by atoms with Crippen LogP contribution in [-0.4, -0.2) is 45.1 Å². The van der Waals surface area contributed by atoms with Gasteiger partial charge in [-0.15, -0.1) is 0 Å². The van der Waals surface area contributed by atoms with Crippen LogP contribution in [-0.2, 0) is 18.3 Å². The summed E-state index contributed by atoms with van der Waals surface area (Å²) in [5, 5.41) is 8.52. The lowest BCUT2D eigenvalue weighted by molar-refractivity contribution is 0.0526. The van der Waals surface area contributed by atoms with Crippen molar-refractivity contribution < 1.29 is 14.3 Å². The normalized spacial score (nSPS) is 10.8. The van der Waals surface area contributed by atoms with Crippen LogP contribution in [0.4, 0.5) is 11.5 Å². The minimum Gasteiger partial charge on any atom is -0.462 e. The van der Waals surface area contributed by atoms with Crippen LogP contribution in [0.5, 0.6) is 0 Å². The van der Waals surface area contributed by atoms with Gasteiger partial charge in [0, 0.05) is 20.6 Å². The molecule has 0 radical (unpaired) electrons. The van der Waals surface area contributed by atoms with Gasteiger partial charge in [-0.05, 0) is 27.7 Å². The summed E-state index contributed by atoms with van der Waals surface area (Å²) in [5.41, 5.74) is 8.00. The minimum atomic E-state index is -0.518. The molecule has 0 aliphatic carbocycles. The van der Waals surface area contributed by atoms with E-state index in [1.807, 2.05) is 6.92 Å². The van der Waals surface area contributed by atoms with E-state index in [1.165, 1.54) is 9.58 Å². The minimum absolute atomic E-state index is 0.235. The zero-order valence-corrected chi connectivity index (χ0v) is 15.5. The molecule has 1 amide bonds. The van der Waals surface area contributed by atoms with Crippen molar-refractivity contribution >= 4 is 23.4 Å². The summed E-state index contributed by atoms with van der Waals surface area (Å²) in [5.74, 6) is -0.536. The van der Waals surface area contributed by atoms with E-state index in [1.54, 1.807) is 39.5 Å². The van der Waals surface area contributed by atoms with Crippen molar-refractivity contribution in [2.24, 2.45) is 7.05 Å². The largest absolute Gasteiger partial charge is 0.462 e. The third-order valence-electron chi connectivity index (χ3n) is 3.97. The van der Waals surface area contributed by atoms with Crippen LogP contribution in [0.15, 0.2) is 0 Å². The zero-order valence-electron chi connectivity index (χ0n) is 15.5. The van der Waals surface area contributed by atoms with Gasteiger partial charge in [0.05, 0.1) is 23.7 Å². The quantitative estimate of drug-likeness (QED) is 0.816.